The SMILES string of the molecule is C.CC1CCC(O)O1. The molecule has 0 aromatic carbocycles. The summed E-state index contributed by atoms with van der Waals surface area (Å²) in [5, 5.41) is 8.68. The molecule has 1 saturated heterocycles. The van der Waals surface area contributed by atoms with Crippen LogP contribution in [-0.2, 0) is 4.74 Å². The zero-order chi connectivity index (χ0) is 5.28. The molecule has 1 rings (SSSR count). The molecule has 8 heavy (non-hydrogen) atoms. The molecule has 1 aliphatic rings. The van der Waals surface area contributed by atoms with E-state index in [0.29, 0.717) is 0 Å². The molecule has 0 aliphatic carbocycles. The molecule has 1 heterocycles. The van der Waals surface area contributed by atoms with Crippen molar-refractivity contribution in [2.24, 2.45) is 0 Å². The van der Waals surface area contributed by atoms with Gasteiger partial charge in [0, 0.05) is 6.42 Å². The van der Waals surface area contributed by atoms with Crippen molar-refractivity contribution in [3.05, 3.63) is 0 Å². The molecule has 2 heteroatoms. The molecule has 2 atom stereocenters. The van der Waals surface area contributed by atoms with Gasteiger partial charge in [-0.25, -0.2) is 0 Å². The molecule has 0 spiro atoms. The van der Waals surface area contributed by atoms with Gasteiger partial charge in [0.25, 0.3) is 0 Å². The third-order valence-electron chi connectivity index (χ3n) is 1.21. The number of rotatable bonds is 0. The second-order valence-electron chi connectivity index (χ2n) is 1.98. The van der Waals surface area contributed by atoms with Crippen LogP contribution in [0.3, 0.4) is 0 Å². The zero-order valence-electron chi connectivity index (χ0n) is 4.42. The van der Waals surface area contributed by atoms with Crippen molar-refractivity contribution in [1.82, 2.24) is 0 Å². The summed E-state index contributed by atoms with van der Waals surface area (Å²) in [6, 6.07) is 0. The fourth-order valence-electron chi connectivity index (χ4n) is 0.782. The van der Waals surface area contributed by atoms with E-state index in [2.05, 4.69) is 0 Å². The van der Waals surface area contributed by atoms with Crippen LogP contribution in [0.25, 0.3) is 0 Å². The summed E-state index contributed by atoms with van der Waals surface area (Å²) in [5.41, 5.74) is 0. The van der Waals surface area contributed by atoms with Gasteiger partial charge in [-0.2, -0.15) is 0 Å². The molecule has 1 fully saturated rings. The topological polar surface area (TPSA) is 29.5 Å². The highest BCUT2D eigenvalue weighted by Gasteiger charge is 2.17. The van der Waals surface area contributed by atoms with E-state index in [4.69, 9.17) is 9.84 Å². The molecule has 0 saturated carbocycles. The summed E-state index contributed by atoms with van der Waals surface area (Å²) < 4.78 is 4.92. The van der Waals surface area contributed by atoms with Crippen molar-refractivity contribution in [3.8, 4) is 0 Å². The van der Waals surface area contributed by atoms with Gasteiger partial charge in [-0.15, -0.1) is 0 Å². The van der Waals surface area contributed by atoms with Crippen LogP contribution in [0, 0.1) is 0 Å². The first-order chi connectivity index (χ1) is 3.29. The Morgan fingerprint density at radius 2 is 2.12 bits per heavy atom. The Bertz CT molecular complexity index is 55.5. The summed E-state index contributed by atoms with van der Waals surface area (Å²) in [5.74, 6) is 0. The lowest BCUT2D eigenvalue weighted by molar-refractivity contribution is -0.0849. The molecule has 0 amide bonds. The normalized spacial score (nSPS) is 36.8. The van der Waals surface area contributed by atoms with Crippen molar-refractivity contribution in [2.75, 3.05) is 0 Å². The quantitative estimate of drug-likeness (QED) is 0.517. The minimum atomic E-state index is -0.477. The second kappa shape index (κ2) is 3.05. The lowest BCUT2D eigenvalue weighted by atomic mass is 10.3. The van der Waals surface area contributed by atoms with Crippen molar-refractivity contribution in [3.63, 3.8) is 0 Å². The molecule has 0 radical (unpaired) electrons. The number of aliphatic hydroxyl groups excluding tert-OH is 1. The number of aliphatic hydroxyl groups is 1. The van der Waals surface area contributed by atoms with Gasteiger partial charge in [-0.3, -0.25) is 0 Å². The molecule has 0 bridgehead atoms. The third-order valence-corrected chi connectivity index (χ3v) is 1.21. The van der Waals surface area contributed by atoms with Gasteiger partial charge >= 0.3 is 0 Å². The lowest BCUT2D eigenvalue weighted by Crippen LogP contribution is -2.05. The predicted molar refractivity (Wildman–Crippen MR) is 32.5 cm³/mol. The maximum atomic E-state index is 8.68. The Kier molecular flexibility index (Phi) is 3.02. The van der Waals surface area contributed by atoms with Gasteiger partial charge in [0.05, 0.1) is 6.10 Å². The van der Waals surface area contributed by atoms with Crippen LogP contribution in [-0.4, -0.2) is 17.5 Å². The summed E-state index contributed by atoms with van der Waals surface area (Å²) >= 11 is 0. The first-order valence-electron chi connectivity index (χ1n) is 2.62. The van der Waals surface area contributed by atoms with Crippen LogP contribution in [0.2, 0.25) is 0 Å². The van der Waals surface area contributed by atoms with Crippen LogP contribution in [0.15, 0.2) is 0 Å². The number of hydrogen-bond donors (Lipinski definition) is 1. The molecule has 0 aromatic rings. The second-order valence-corrected chi connectivity index (χ2v) is 1.98. The smallest absolute Gasteiger partial charge is 0.154 e. The van der Waals surface area contributed by atoms with Gasteiger partial charge < -0.3 is 9.84 Å². The van der Waals surface area contributed by atoms with Crippen molar-refractivity contribution < 1.29 is 9.84 Å². The fourth-order valence-corrected chi connectivity index (χ4v) is 0.782. The molecule has 2 unspecified atom stereocenters. The predicted octanol–water partition coefficient (Wildman–Crippen LogP) is 1.14. The van der Waals surface area contributed by atoms with Gasteiger partial charge in [-0.05, 0) is 13.3 Å². The van der Waals surface area contributed by atoms with Crippen LogP contribution < -0.4 is 0 Å². The highest BCUT2D eigenvalue weighted by atomic mass is 16.6. The van der Waals surface area contributed by atoms with E-state index in [1.807, 2.05) is 6.92 Å². The van der Waals surface area contributed by atoms with E-state index < -0.39 is 6.29 Å². The van der Waals surface area contributed by atoms with E-state index >= 15 is 0 Å². The maximum Gasteiger partial charge on any atom is 0.154 e. The molecular weight excluding hydrogens is 104 g/mol. The molecule has 1 N–H and O–H groups in total. The molecular formula is C6H14O2. The first-order valence-corrected chi connectivity index (χ1v) is 2.62. The van der Waals surface area contributed by atoms with E-state index in [1.165, 1.54) is 0 Å². The Morgan fingerprint density at radius 1 is 1.50 bits per heavy atom. The molecule has 2 nitrogen and oxygen atoms in total. The van der Waals surface area contributed by atoms with E-state index in [0.717, 1.165) is 12.8 Å². The average molecular weight is 118 g/mol. The maximum absolute atomic E-state index is 8.68. The highest BCUT2D eigenvalue weighted by Crippen LogP contribution is 2.15. The summed E-state index contributed by atoms with van der Waals surface area (Å²) in [6.45, 7) is 1.97. The van der Waals surface area contributed by atoms with Gasteiger partial charge in [0.1, 0.15) is 0 Å². The third kappa shape index (κ3) is 1.80. The van der Waals surface area contributed by atoms with E-state index in [1.54, 1.807) is 0 Å². The summed E-state index contributed by atoms with van der Waals surface area (Å²) in [7, 11) is 0. The van der Waals surface area contributed by atoms with Gasteiger partial charge in [0.2, 0.25) is 0 Å². The van der Waals surface area contributed by atoms with Crippen molar-refractivity contribution in [2.45, 2.75) is 39.6 Å². The van der Waals surface area contributed by atoms with Gasteiger partial charge in [-0.1, -0.05) is 7.43 Å². The summed E-state index contributed by atoms with van der Waals surface area (Å²) in [4.78, 5) is 0. The number of ether oxygens (including phenoxy) is 1. The van der Waals surface area contributed by atoms with Crippen LogP contribution >= 0.6 is 0 Å². The molecule has 1 aliphatic heterocycles. The van der Waals surface area contributed by atoms with Crippen LogP contribution in [0.5, 0.6) is 0 Å². The lowest BCUT2D eigenvalue weighted by Gasteiger charge is -2.00. The highest BCUT2D eigenvalue weighted by molar-refractivity contribution is 4.60. The van der Waals surface area contributed by atoms with Crippen molar-refractivity contribution in [1.29, 1.82) is 0 Å². The van der Waals surface area contributed by atoms with E-state index in [-0.39, 0.29) is 13.5 Å². The monoisotopic (exact) mass is 118 g/mol. The van der Waals surface area contributed by atoms with Gasteiger partial charge in [0.15, 0.2) is 6.29 Å². The van der Waals surface area contributed by atoms with Crippen molar-refractivity contribution >= 4 is 0 Å². The van der Waals surface area contributed by atoms with Crippen LogP contribution in [0.1, 0.15) is 27.2 Å². The zero-order valence-corrected chi connectivity index (χ0v) is 4.42. The standard InChI is InChI=1S/C5H10O2.CH4/c1-4-2-3-5(6)7-4;/h4-6H,2-3H2,1H3;1H4. The average Bonchev–Trinajstić information content (AvgIpc) is 1.87. The Morgan fingerprint density at radius 3 is 2.25 bits per heavy atom. The largest absolute Gasteiger partial charge is 0.368 e. The minimum absolute atomic E-state index is 0. The number of hydrogen-bond acceptors (Lipinski definition) is 2. The van der Waals surface area contributed by atoms with Crippen LogP contribution in [0.4, 0.5) is 0 Å². The molecule has 0 aromatic heterocycles. The minimum Gasteiger partial charge on any atom is -0.368 e. The summed E-state index contributed by atoms with van der Waals surface area (Å²) in [6.07, 6.45) is 1.60. The first kappa shape index (κ1) is 7.92. The Hall–Kier alpha value is -0.0800. The molecule has 50 valence electrons. The Labute approximate surface area is 50.5 Å². The van der Waals surface area contributed by atoms with E-state index in [9.17, 15) is 0 Å². The fraction of sp³-hybridized carbons (Fsp3) is 1.00. The Balaban J connectivity index is 0.000000490.